The monoisotopic (exact) mass is 311 g/mol. The standard InChI is InChI=1S/C17H17N3O3/c18-12-13-2-6-15(7-3-13)23-16-8-4-14(5-9-16)20-17(22)19-10-1-11-21/h2-9,21H,1,10-11H2,(H2,19,20,22). The minimum atomic E-state index is -0.320. The molecule has 0 aliphatic rings. The van der Waals surface area contributed by atoms with Gasteiger partial charge >= 0.3 is 6.03 Å². The number of benzene rings is 2. The van der Waals surface area contributed by atoms with Crippen molar-refractivity contribution in [1.29, 1.82) is 5.26 Å². The number of ether oxygens (including phenoxy) is 1. The second-order valence-corrected chi connectivity index (χ2v) is 4.72. The lowest BCUT2D eigenvalue weighted by Crippen LogP contribution is -2.29. The molecule has 3 N–H and O–H groups in total. The molecule has 0 saturated carbocycles. The van der Waals surface area contributed by atoms with Crippen LogP contribution in [0.1, 0.15) is 12.0 Å². The fourth-order valence-electron chi connectivity index (χ4n) is 1.80. The van der Waals surface area contributed by atoms with E-state index in [1.807, 2.05) is 6.07 Å². The number of hydrogen-bond acceptors (Lipinski definition) is 4. The van der Waals surface area contributed by atoms with E-state index in [4.69, 9.17) is 15.1 Å². The summed E-state index contributed by atoms with van der Waals surface area (Å²) < 4.78 is 5.65. The van der Waals surface area contributed by atoms with Crippen molar-refractivity contribution in [3.63, 3.8) is 0 Å². The number of amides is 2. The topological polar surface area (TPSA) is 94.4 Å². The lowest BCUT2D eigenvalue weighted by atomic mass is 10.2. The van der Waals surface area contributed by atoms with Crippen LogP contribution in [0.3, 0.4) is 0 Å². The molecule has 0 atom stereocenters. The van der Waals surface area contributed by atoms with Gasteiger partial charge < -0.3 is 20.5 Å². The van der Waals surface area contributed by atoms with Crippen molar-refractivity contribution >= 4 is 11.7 Å². The largest absolute Gasteiger partial charge is 0.457 e. The minimum absolute atomic E-state index is 0.0433. The number of nitriles is 1. The molecule has 0 unspecified atom stereocenters. The number of hydrogen-bond donors (Lipinski definition) is 3. The Balaban J connectivity index is 1.88. The van der Waals surface area contributed by atoms with Gasteiger partial charge in [-0.05, 0) is 55.0 Å². The number of aliphatic hydroxyl groups is 1. The summed E-state index contributed by atoms with van der Waals surface area (Å²) in [6.07, 6.45) is 0.519. The molecule has 118 valence electrons. The highest BCUT2D eigenvalue weighted by Gasteiger charge is 2.02. The van der Waals surface area contributed by atoms with Crippen molar-refractivity contribution in [3.05, 3.63) is 54.1 Å². The third-order valence-corrected chi connectivity index (χ3v) is 2.95. The van der Waals surface area contributed by atoms with Gasteiger partial charge in [-0.3, -0.25) is 0 Å². The van der Waals surface area contributed by atoms with E-state index in [0.717, 1.165) is 0 Å². The molecule has 6 nitrogen and oxygen atoms in total. The third kappa shape index (κ3) is 5.34. The van der Waals surface area contributed by atoms with Crippen LogP contribution in [-0.2, 0) is 0 Å². The molecule has 0 bridgehead atoms. The highest BCUT2D eigenvalue weighted by Crippen LogP contribution is 2.23. The van der Waals surface area contributed by atoms with Gasteiger partial charge in [0.15, 0.2) is 0 Å². The summed E-state index contributed by atoms with van der Waals surface area (Å²) in [5.74, 6) is 1.26. The summed E-state index contributed by atoms with van der Waals surface area (Å²) in [4.78, 5) is 11.6. The van der Waals surface area contributed by atoms with E-state index >= 15 is 0 Å². The summed E-state index contributed by atoms with van der Waals surface area (Å²) in [5.41, 5.74) is 1.21. The van der Waals surface area contributed by atoms with Crippen LogP contribution in [0.25, 0.3) is 0 Å². The first kappa shape index (κ1) is 16.3. The summed E-state index contributed by atoms with van der Waals surface area (Å²) >= 11 is 0. The zero-order chi connectivity index (χ0) is 16.5. The molecule has 2 aromatic carbocycles. The first-order chi connectivity index (χ1) is 11.2. The lowest BCUT2D eigenvalue weighted by Gasteiger charge is -2.09. The van der Waals surface area contributed by atoms with Crippen LogP contribution in [0.4, 0.5) is 10.5 Å². The molecule has 0 aromatic heterocycles. The molecular formula is C17H17N3O3. The Labute approximate surface area is 134 Å². The number of aliphatic hydroxyl groups excluding tert-OH is 1. The summed E-state index contributed by atoms with van der Waals surface area (Å²) in [6, 6.07) is 15.5. The van der Waals surface area contributed by atoms with Crippen LogP contribution in [-0.4, -0.2) is 24.3 Å². The first-order valence-electron chi connectivity index (χ1n) is 7.15. The fraction of sp³-hybridized carbons (Fsp3) is 0.176. The van der Waals surface area contributed by atoms with E-state index in [2.05, 4.69) is 10.6 Å². The van der Waals surface area contributed by atoms with Gasteiger partial charge in [0.1, 0.15) is 11.5 Å². The summed E-state index contributed by atoms with van der Waals surface area (Å²) in [5, 5.41) is 22.7. The molecule has 0 spiro atoms. The maximum atomic E-state index is 11.6. The van der Waals surface area contributed by atoms with Gasteiger partial charge in [-0.15, -0.1) is 0 Å². The van der Waals surface area contributed by atoms with Crippen LogP contribution < -0.4 is 15.4 Å². The predicted molar refractivity (Wildman–Crippen MR) is 86.4 cm³/mol. The molecule has 23 heavy (non-hydrogen) atoms. The number of nitrogens with zero attached hydrogens (tertiary/aromatic N) is 1. The molecule has 0 aliphatic heterocycles. The van der Waals surface area contributed by atoms with Gasteiger partial charge in [0.2, 0.25) is 0 Å². The molecule has 2 amide bonds. The molecule has 6 heteroatoms. The third-order valence-electron chi connectivity index (χ3n) is 2.95. The van der Waals surface area contributed by atoms with E-state index < -0.39 is 0 Å². The number of carbonyl (C=O) groups excluding carboxylic acids is 1. The number of nitrogens with one attached hydrogen (secondary N) is 2. The molecular weight excluding hydrogens is 294 g/mol. The van der Waals surface area contributed by atoms with Crippen LogP contribution in [0, 0.1) is 11.3 Å². The van der Waals surface area contributed by atoms with Crippen molar-refractivity contribution in [2.75, 3.05) is 18.5 Å². The van der Waals surface area contributed by atoms with Crippen LogP contribution >= 0.6 is 0 Å². The Morgan fingerprint density at radius 2 is 1.70 bits per heavy atom. The average molecular weight is 311 g/mol. The summed E-state index contributed by atoms with van der Waals surface area (Å²) in [6.45, 7) is 0.462. The van der Waals surface area contributed by atoms with Gasteiger partial charge in [0.25, 0.3) is 0 Å². The molecule has 0 fully saturated rings. The van der Waals surface area contributed by atoms with Crippen molar-refractivity contribution in [2.45, 2.75) is 6.42 Å². The molecule has 0 aliphatic carbocycles. The normalized spacial score (nSPS) is 9.74. The van der Waals surface area contributed by atoms with E-state index in [1.54, 1.807) is 48.5 Å². The SMILES string of the molecule is N#Cc1ccc(Oc2ccc(NC(=O)NCCCO)cc2)cc1. The molecule has 0 heterocycles. The number of carbonyl (C=O) groups is 1. The fourth-order valence-corrected chi connectivity index (χ4v) is 1.80. The zero-order valence-corrected chi connectivity index (χ0v) is 12.5. The Morgan fingerprint density at radius 3 is 2.26 bits per heavy atom. The number of anilines is 1. The van der Waals surface area contributed by atoms with Crippen LogP contribution in [0.15, 0.2) is 48.5 Å². The molecule has 2 rings (SSSR count). The maximum Gasteiger partial charge on any atom is 0.319 e. The van der Waals surface area contributed by atoms with Gasteiger partial charge in [-0.1, -0.05) is 0 Å². The second kappa shape index (κ2) is 8.41. The highest BCUT2D eigenvalue weighted by atomic mass is 16.5. The van der Waals surface area contributed by atoms with E-state index in [9.17, 15) is 4.79 Å². The van der Waals surface area contributed by atoms with Crippen molar-refractivity contribution in [1.82, 2.24) is 5.32 Å². The molecule has 0 saturated heterocycles. The van der Waals surface area contributed by atoms with Gasteiger partial charge in [0.05, 0.1) is 11.6 Å². The van der Waals surface area contributed by atoms with Gasteiger partial charge in [-0.25, -0.2) is 4.79 Å². The first-order valence-corrected chi connectivity index (χ1v) is 7.15. The lowest BCUT2D eigenvalue weighted by molar-refractivity contribution is 0.249. The van der Waals surface area contributed by atoms with Crippen molar-refractivity contribution in [2.24, 2.45) is 0 Å². The Hall–Kier alpha value is -3.04. The van der Waals surface area contributed by atoms with Crippen LogP contribution in [0.2, 0.25) is 0 Å². The van der Waals surface area contributed by atoms with Gasteiger partial charge in [-0.2, -0.15) is 5.26 Å². The minimum Gasteiger partial charge on any atom is -0.457 e. The molecule has 2 aromatic rings. The Morgan fingerprint density at radius 1 is 1.09 bits per heavy atom. The number of rotatable bonds is 6. The van der Waals surface area contributed by atoms with Gasteiger partial charge in [0, 0.05) is 18.8 Å². The second-order valence-electron chi connectivity index (χ2n) is 4.72. The zero-order valence-electron chi connectivity index (χ0n) is 12.5. The van der Waals surface area contributed by atoms with E-state index in [1.165, 1.54) is 0 Å². The van der Waals surface area contributed by atoms with Crippen molar-refractivity contribution < 1.29 is 14.6 Å². The maximum absolute atomic E-state index is 11.6. The Bertz CT molecular complexity index is 676. The quantitative estimate of drug-likeness (QED) is 0.715. The number of urea groups is 1. The average Bonchev–Trinajstić information content (AvgIpc) is 2.57. The Kier molecular flexibility index (Phi) is 5.98. The summed E-state index contributed by atoms with van der Waals surface area (Å²) in [7, 11) is 0. The van der Waals surface area contributed by atoms with Crippen molar-refractivity contribution in [3.8, 4) is 17.6 Å². The van der Waals surface area contributed by atoms with E-state index in [0.29, 0.717) is 35.7 Å². The smallest absolute Gasteiger partial charge is 0.319 e. The predicted octanol–water partition coefficient (Wildman–Crippen LogP) is 2.85. The van der Waals surface area contributed by atoms with Crippen LogP contribution in [0.5, 0.6) is 11.5 Å². The van der Waals surface area contributed by atoms with E-state index in [-0.39, 0.29) is 12.6 Å². The molecule has 0 radical (unpaired) electrons. The highest BCUT2D eigenvalue weighted by molar-refractivity contribution is 5.89.